The number of benzene rings is 2. The van der Waals surface area contributed by atoms with E-state index in [0.717, 1.165) is 30.8 Å². The number of nitrogens with one attached hydrogen (secondary N) is 2. The quantitative estimate of drug-likeness (QED) is 0.438. The molecule has 2 aromatic carbocycles. The Labute approximate surface area is 187 Å². The van der Waals surface area contributed by atoms with E-state index < -0.39 is 0 Å². The van der Waals surface area contributed by atoms with Crippen molar-refractivity contribution in [3.05, 3.63) is 46.2 Å². The summed E-state index contributed by atoms with van der Waals surface area (Å²) in [6.45, 7) is 2.12. The topological polar surface area (TPSA) is 97.9 Å². The standard InChI is InChI=1S/C23H30N4O5/c1-27(14-15-8-6-9-16(12-15)24-10-7-11-29-2)23-25-17-13-18(30-3)20(31-4)21(32-5)19(17)22(28)26-23/h6,8-9,12-13,24H,7,10-11,14H2,1-5H3,(H,25,26,28). The van der Waals surface area contributed by atoms with Crippen LogP contribution in [0.4, 0.5) is 11.6 Å². The van der Waals surface area contributed by atoms with Crippen LogP contribution in [0, 0.1) is 0 Å². The van der Waals surface area contributed by atoms with Crippen molar-refractivity contribution >= 4 is 22.5 Å². The lowest BCUT2D eigenvalue weighted by atomic mass is 10.2. The number of H-pyrrole nitrogens is 1. The predicted molar refractivity (Wildman–Crippen MR) is 126 cm³/mol. The van der Waals surface area contributed by atoms with Gasteiger partial charge in [-0.05, 0) is 24.1 Å². The Balaban J connectivity index is 1.87. The molecule has 0 aliphatic carbocycles. The Kier molecular flexibility index (Phi) is 7.77. The lowest BCUT2D eigenvalue weighted by Gasteiger charge is -2.20. The van der Waals surface area contributed by atoms with Crippen LogP contribution >= 0.6 is 0 Å². The normalized spacial score (nSPS) is 10.8. The van der Waals surface area contributed by atoms with E-state index in [4.69, 9.17) is 18.9 Å². The molecule has 0 saturated carbocycles. The van der Waals surface area contributed by atoms with Gasteiger partial charge in [-0.3, -0.25) is 9.78 Å². The highest BCUT2D eigenvalue weighted by molar-refractivity contribution is 5.90. The minimum Gasteiger partial charge on any atom is -0.493 e. The smallest absolute Gasteiger partial charge is 0.264 e. The van der Waals surface area contributed by atoms with E-state index in [1.165, 1.54) is 21.3 Å². The summed E-state index contributed by atoms with van der Waals surface area (Å²) in [6, 6.07) is 9.82. The number of rotatable bonds is 11. The number of nitrogens with zero attached hydrogens (tertiary/aromatic N) is 2. The summed E-state index contributed by atoms with van der Waals surface area (Å²) in [5.74, 6) is 1.52. The molecule has 32 heavy (non-hydrogen) atoms. The Hall–Kier alpha value is -3.46. The molecule has 0 atom stereocenters. The van der Waals surface area contributed by atoms with Crippen LogP contribution in [0.5, 0.6) is 17.2 Å². The van der Waals surface area contributed by atoms with Crippen molar-refractivity contribution in [2.45, 2.75) is 13.0 Å². The Bertz CT molecular complexity index is 1120. The van der Waals surface area contributed by atoms with Crippen LogP contribution in [-0.4, -0.2) is 58.6 Å². The molecule has 172 valence electrons. The second kappa shape index (κ2) is 10.7. The first-order chi connectivity index (χ1) is 15.5. The van der Waals surface area contributed by atoms with Crippen molar-refractivity contribution in [2.75, 3.05) is 58.9 Å². The number of methoxy groups -OCH3 is 4. The third kappa shape index (κ3) is 5.05. The van der Waals surface area contributed by atoms with E-state index in [1.807, 2.05) is 30.1 Å². The van der Waals surface area contributed by atoms with E-state index in [9.17, 15) is 4.79 Å². The molecule has 0 spiro atoms. The monoisotopic (exact) mass is 442 g/mol. The summed E-state index contributed by atoms with van der Waals surface area (Å²) in [5, 5.41) is 3.70. The molecule has 0 radical (unpaired) electrons. The SMILES string of the molecule is COCCCNc1cccc(CN(C)c2nc3cc(OC)c(OC)c(OC)c3c(=O)[nH]2)c1. The zero-order chi connectivity index (χ0) is 23.1. The van der Waals surface area contributed by atoms with Crippen LogP contribution in [0.1, 0.15) is 12.0 Å². The maximum atomic E-state index is 12.9. The highest BCUT2D eigenvalue weighted by atomic mass is 16.5. The van der Waals surface area contributed by atoms with E-state index in [1.54, 1.807) is 13.2 Å². The molecule has 0 bridgehead atoms. The molecule has 0 amide bonds. The van der Waals surface area contributed by atoms with Crippen LogP contribution in [-0.2, 0) is 11.3 Å². The van der Waals surface area contributed by atoms with Gasteiger partial charge in [-0.1, -0.05) is 12.1 Å². The fourth-order valence-electron chi connectivity index (χ4n) is 3.52. The van der Waals surface area contributed by atoms with E-state index in [2.05, 4.69) is 21.4 Å². The molecule has 1 aromatic heterocycles. The zero-order valence-corrected chi connectivity index (χ0v) is 19.2. The molecular formula is C23H30N4O5. The molecule has 0 unspecified atom stereocenters. The Morgan fingerprint density at radius 1 is 1.06 bits per heavy atom. The van der Waals surface area contributed by atoms with E-state index >= 15 is 0 Å². The number of anilines is 2. The van der Waals surface area contributed by atoms with Crippen molar-refractivity contribution in [1.82, 2.24) is 9.97 Å². The molecule has 0 saturated heterocycles. The number of aromatic nitrogens is 2. The molecule has 2 N–H and O–H groups in total. The first-order valence-electron chi connectivity index (χ1n) is 10.3. The minimum absolute atomic E-state index is 0.289. The first-order valence-corrected chi connectivity index (χ1v) is 10.3. The van der Waals surface area contributed by atoms with Gasteiger partial charge < -0.3 is 29.2 Å². The van der Waals surface area contributed by atoms with Gasteiger partial charge >= 0.3 is 0 Å². The Morgan fingerprint density at radius 3 is 2.53 bits per heavy atom. The largest absolute Gasteiger partial charge is 0.493 e. The summed E-state index contributed by atoms with van der Waals surface area (Å²) in [6.07, 6.45) is 0.931. The van der Waals surface area contributed by atoms with Crippen molar-refractivity contribution in [1.29, 1.82) is 0 Å². The third-order valence-electron chi connectivity index (χ3n) is 5.05. The number of ether oxygens (including phenoxy) is 4. The van der Waals surface area contributed by atoms with Gasteiger partial charge in [0.15, 0.2) is 11.5 Å². The van der Waals surface area contributed by atoms with Gasteiger partial charge in [-0.15, -0.1) is 0 Å². The summed E-state index contributed by atoms with van der Waals surface area (Å²) in [4.78, 5) is 22.3. The highest BCUT2D eigenvalue weighted by Crippen LogP contribution is 2.41. The molecular weight excluding hydrogens is 412 g/mol. The lowest BCUT2D eigenvalue weighted by molar-refractivity contribution is 0.198. The molecule has 9 heteroatoms. The summed E-state index contributed by atoms with van der Waals surface area (Å²) in [5.41, 5.74) is 2.26. The van der Waals surface area contributed by atoms with Gasteiger partial charge in [0.25, 0.3) is 5.56 Å². The molecule has 3 rings (SSSR count). The van der Waals surface area contributed by atoms with Gasteiger partial charge in [0, 0.05) is 45.6 Å². The molecule has 9 nitrogen and oxygen atoms in total. The predicted octanol–water partition coefficient (Wildman–Crippen LogP) is 3.03. The molecule has 0 fully saturated rings. The van der Waals surface area contributed by atoms with E-state index in [-0.39, 0.29) is 11.3 Å². The minimum atomic E-state index is -0.316. The molecule has 3 aromatic rings. The van der Waals surface area contributed by atoms with Crippen molar-refractivity contribution in [3.63, 3.8) is 0 Å². The van der Waals surface area contributed by atoms with Crippen molar-refractivity contribution in [2.24, 2.45) is 0 Å². The van der Waals surface area contributed by atoms with Gasteiger partial charge in [-0.25, -0.2) is 4.98 Å². The van der Waals surface area contributed by atoms with Gasteiger partial charge in [0.1, 0.15) is 5.39 Å². The van der Waals surface area contributed by atoms with Crippen molar-refractivity contribution < 1.29 is 18.9 Å². The van der Waals surface area contributed by atoms with Crippen LogP contribution in [0.25, 0.3) is 10.9 Å². The summed E-state index contributed by atoms with van der Waals surface area (Å²) < 4.78 is 21.3. The van der Waals surface area contributed by atoms with Crippen molar-refractivity contribution in [3.8, 4) is 17.2 Å². The lowest BCUT2D eigenvalue weighted by Crippen LogP contribution is -2.23. The van der Waals surface area contributed by atoms with E-state index in [0.29, 0.717) is 34.9 Å². The van der Waals surface area contributed by atoms with Crippen LogP contribution in [0.15, 0.2) is 35.1 Å². The average molecular weight is 443 g/mol. The van der Waals surface area contributed by atoms with Gasteiger partial charge in [0.2, 0.25) is 11.7 Å². The molecule has 0 aliphatic heterocycles. The van der Waals surface area contributed by atoms with Crippen LogP contribution < -0.4 is 30.0 Å². The Morgan fingerprint density at radius 2 is 1.84 bits per heavy atom. The fourth-order valence-corrected chi connectivity index (χ4v) is 3.52. The second-order valence-corrected chi connectivity index (χ2v) is 7.26. The molecule has 0 aliphatic rings. The average Bonchev–Trinajstić information content (AvgIpc) is 2.80. The van der Waals surface area contributed by atoms with Crippen LogP contribution in [0.3, 0.4) is 0 Å². The van der Waals surface area contributed by atoms with Gasteiger partial charge in [-0.2, -0.15) is 0 Å². The number of hydrogen-bond donors (Lipinski definition) is 2. The summed E-state index contributed by atoms with van der Waals surface area (Å²) in [7, 11) is 8.08. The summed E-state index contributed by atoms with van der Waals surface area (Å²) >= 11 is 0. The van der Waals surface area contributed by atoms with Crippen LogP contribution in [0.2, 0.25) is 0 Å². The third-order valence-corrected chi connectivity index (χ3v) is 5.05. The second-order valence-electron chi connectivity index (χ2n) is 7.26. The fraction of sp³-hybridized carbons (Fsp3) is 0.391. The highest BCUT2D eigenvalue weighted by Gasteiger charge is 2.20. The number of fused-ring (bicyclic) bond motifs is 1. The maximum absolute atomic E-state index is 12.9. The number of aromatic amines is 1. The first kappa shape index (κ1) is 23.2. The van der Waals surface area contributed by atoms with Gasteiger partial charge in [0.05, 0.1) is 26.8 Å². The molecule has 1 heterocycles. The zero-order valence-electron chi connectivity index (χ0n) is 19.2. The maximum Gasteiger partial charge on any atom is 0.264 e. The number of hydrogen-bond acceptors (Lipinski definition) is 8.